The minimum atomic E-state index is -4.37. The van der Waals surface area contributed by atoms with Crippen molar-refractivity contribution in [3.05, 3.63) is 41.6 Å². The molecule has 1 aromatic carbocycles. The summed E-state index contributed by atoms with van der Waals surface area (Å²) < 4.78 is 41.9. The van der Waals surface area contributed by atoms with Gasteiger partial charge in [-0.2, -0.15) is 17.9 Å². The smallest absolute Gasteiger partial charge is 0.372 e. The molecule has 3 aliphatic heterocycles. The molecular formula is C24H32F3N7O. The number of rotatable bonds is 4. The average molecular weight is 492 g/mol. The fourth-order valence-corrected chi connectivity index (χ4v) is 5.43. The van der Waals surface area contributed by atoms with Gasteiger partial charge in [-0.3, -0.25) is 9.80 Å². The Hall–Kier alpha value is -2.79. The lowest BCUT2D eigenvalue weighted by molar-refractivity contribution is -0.137. The van der Waals surface area contributed by atoms with Gasteiger partial charge < -0.3 is 15.1 Å². The Morgan fingerprint density at radius 2 is 1.89 bits per heavy atom. The number of fused-ring (bicyclic) bond motifs is 1. The Balaban J connectivity index is 1.28. The van der Waals surface area contributed by atoms with Crippen LogP contribution in [0, 0.1) is 0 Å². The van der Waals surface area contributed by atoms with E-state index in [0.29, 0.717) is 50.3 Å². The van der Waals surface area contributed by atoms with Crippen LogP contribution in [0.2, 0.25) is 0 Å². The van der Waals surface area contributed by atoms with E-state index in [0.717, 1.165) is 44.6 Å². The number of carbonyl (C=O) groups is 1. The standard InChI is InChI=1S/C24H32F3N7O/c1-28-22-6-8-34(29-22)23(35)32-11-9-30(10-12-32)16-18-4-5-19(24(25,26)27)15-21(18)33-14-13-31-7-2-3-20(31)17-33/h4-6,8,15,20H,2-3,7,9-14,16-17H2,1H3,(H,28,29)/t20-/m0/s1. The van der Waals surface area contributed by atoms with Gasteiger partial charge in [0, 0.05) is 83.4 Å². The molecule has 35 heavy (non-hydrogen) atoms. The van der Waals surface area contributed by atoms with Crippen LogP contribution < -0.4 is 10.2 Å². The Labute approximate surface area is 203 Å². The molecule has 0 unspecified atom stereocenters. The fourth-order valence-electron chi connectivity index (χ4n) is 5.43. The van der Waals surface area contributed by atoms with E-state index in [2.05, 4.69) is 25.1 Å². The Morgan fingerprint density at radius 3 is 2.60 bits per heavy atom. The third-order valence-corrected chi connectivity index (χ3v) is 7.42. The summed E-state index contributed by atoms with van der Waals surface area (Å²) in [5.74, 6) is 0.630. The summed E-state index contributed by atoms with van der Waals surface area (Å²) in [6, 6.07) is 6.16. The zero-order valence-corrected chi connectivity index (χ0v) is 20.0. The van der Waals surface area contributed by atoms with Crippen LogP contribution in [0.5, 0.6) is 0 Å². The summed E-state index contributed by atoms with van der Waals surface area (Å²) in [5, 5.41) is 7.11. The van der Waals surface area contributed by atoms with Crippen LogP contribution in [0.1, 0.15) is 24.0 Å². The van der Waals surface area contributed by atoms with Gasteiger partial charge in [-0.05, 0) is 37.1 Å². The first-order chi connectivity index (χ1) is 16.8. The minimum absolute atomic E-state index is 0.171. The lowest BCUT2D eigenvalue weighted by atomic mass is 10.0. The van der Waals surface area contributed by atoms with Crippen molar-refractivity contribution in [2.45, 2.75) is 31.6 Å². The summed E-state index contributed by atoms with van der Waals surface area (Å²) in [7, 11) is 1.75. The predicted octanol–water partition coefficient (Wildman–Crippen LogP) is 3.01. The maximum absolute atomic E-state index is 13.5. The van der Waals surface area contributed by atoms with Gasteiger partial charge >= 0.3 is 12.2 Å². The summed E-state index contributed by atoms with van der Waals surface area (Å²) in [5.41, 5.74) is 1.01. The van der Waals surface area contributed by atoms with Crippen molar-refractivity contribution in [2.24, 2.45) is 0 Å². The number of anilines is 2. The number of hydrogen-bond acceptors (Lipinski definition) is 6. The van der Waals surface area contributed by atoms with Crippen LogP contribution >= 0.6 is 0 Å². The number of hydrogen-bond donors (Lipinski definition) is 1. The summed E-state index contributed by atoms with van der Waals surface area (Å²) in [6.45, 7) is 6.46. The molecule has 2 aromatic rings. The molecule has 0 bridgehead atoms. The van der Waals surface area contributed by atoms with E-state index < -0.39 is 11.7 Å². The zero-order chi connectivity index (χ0) is 24.6. The molecule has 3 saturated heterocycles. The molecular weight excluding hydrogens is 459 g/mol. The molecule has 0 spiro atoms. The van der Waals surface area contributed by atoms with Gasteiger partial charge in [0.2, 0.25) is 0 Å². The monoisotopic (exact) mass is 491 g/mol. The van der Waals surface area contributed by atoms with Crippen LogP contribution in [0.15, 0.2) is 30.5 Å². The predicted molar refractivity (Wildman–Crippen MR) is 128 cm³/mol. The van der Waals surface area contributed by atoms with Crippen molar-refractivity contribution < 1.29 is 18.0 Å². The molecule has 1 N–H and O–H groups in total. The molecule has 0 saturated carbocycles. The average Bonchev–Trinajstić information content (AvgIpc) is 3.53. The largest absolute Gasteiger partial charge is 0.416 e. The maximum Gasteiger partial charge on any atom is 0.416 e. The van der Waals surface area contributed by atoms with E-state index in [1.54, 1.807) is 30.3 Å². The fraction of sp³-hybridized carbons (Fsp3) is 0.583. The van der Waals surface area contributed by atoms with Crippen LogP contribution in [-0.4, -0.2) is 96.0 Å². The number of piperazine rings is 2. The number of halogens is 3. The van der Waals surface area contributed by atoms with Crippen LogP contribution in [0.3, 0.4) is 0 Å². The van der Waals surface area contributed by atoms with Crippen molar-refractivity contribution >= 4 is 17.5 Å². The van der Waals surface area contributed by atoms with Gasteiger partial charge in [0.25, 0.3) is 0 Å². The lowest BCUT2D eigenvalue weighted by Crippen LogP contribution is -2.51. The molecule has 1 atom stereocenters. The first-order valence-corrected chi connectivity index (χ1v) is 12.3. The van der Waals surface area contributed by atoms with Crippen LogP contribution in [-0.2, 0) is 12.7 Å². The molecule has 11 heteroatoms. The number of nitrogens with zero attached hydrogens (tertiary/aromatic N) is 6. The van der Waals surface area contributed by atoms with Crippen LogP contribution in [0.25, 0.3) is 0 Å². The maximum atomic E-state index is 13.5. The highest BCUT2D eigenvalue weighted by Gasteiger charge is 2.35. The van der Waals surface area contributed by atoms with Gasteiger partial charge in [-0.15, -0.1) is 5.10 Å². The van der Waals surface area contributed by atoms with E-state index in [1.807, 2.05) is 0 Å². The second-order valence-electron chi connectivity index (χ2n) is 9.56. The highest BCUT2D eigenvalue weighted by molar-refractivity contribution is 5.76. The van der Waals surface area contributed by atoms with Crippen molar-refractivity contribution in [3.63, 3.8) is 0 Å². The molecule has 190 valence electrons. The second-order valence-corrected chi connectivity index (χ2v) is 9.56. The van der Waals surface area contributed by atoms with Gasteiger partial charge in [0.15, 0.2) is 0 Å². The zero-order valence-electron chi connectivity index (χ0n) is 20.0. The SMILES string of the molecule is CNc1ccn(C(=O)N2CCN(Cc3ccc(C(F)(F)F)cc3N3CCN4CCC[C@H]4C3)CC2)n1. The van der Waals surface area contributed by atoms with Gasteiger partial charge in [-0.25, -0.2) is 4.79 Å². The van der Waals surface area contributed by atoms with Gasteiger partial charge in [-0.1, -0.05) is 6.07 Å². The van der Waals surface area contributed by atoms with Gasteiger partial charge in [0.05, 0.1) is 5.56 Å². The molecule has 8 nitrogen and oxygen atoms in total. The normalized spacial score (nSPS) is 21.9. The van der Waals surface area contributed by atoms with Crippen molar-refractivity contribution in [3.8, 4) is 0 Å². The van der Waals surface area contributed by atoms with E-state index in [9.17, 15) is 18.0 Å². The quantitative estimate of drug-likeness (QED) is 0.710. The molecule has 1 aromatic heterocycles. The molecule has 4 heterocycles. The van der Waals surface area contributed by atoms with E-state index >= 15 is 0 Å². The Kier molecular flexibility index (Phi) is 6.63. The Bertz CT molecular complexity index is 1050. The van der Waals surface area contributed by atoms with E-state index in [1.165, 1.54) is 16.8 Å². The summed E-state index contributed by atoms with van der Waals surface area (Å²) in [6.07, 6.45) is -0.466. The van der Waals surface area contributed by atoms with Gasteiger partial charge in [0.1, 0.15) is 5.82 Å². The van der Waals surface area contributed by atoms with Crippen molar-refractivity contribution in [2.75, 3.05) is 69.6 Å². The van der Waals surface area contributed by atoms with E-state index in [4.69, 9.17) is 0 Å². The number of carbonyl (C=O) groups excluding carboxylic acids is 1. The summed E-state index contributed by atoms with van der Waals surface area (Å²) in [4.78, 5) is 21.3. The van der Waals surface area contributed by atoms with Crippen LogP contribution in [0.4, 0.5) is 29.5 Å². The van der Waals surface area contributed by atoms with Crippen molar-refractivity contribution in [1.82, 2.24) is 24.5 Å². The first-order valence-electron chi connectivity index (χ1n) is 12.3. The number of benzene rings is 1. The molecule has 0 radical (unpaired) electrons. The number of aromatic nitrogens is 2. The van der Waals surface area contributed by atoms with Crippen molar-refractivity contribution in [1.29, 1.82) is 0 Å². The number of amides is 1. The molecule has 5 rings (SSSR count). The molecule has 0 aliphatic carbocycles. The van der Waals surface area contributed by atoms with E-state index in [-0.39, 0.29) is 6.03 Å². The molecule has 1 amide bonds. The number of nitrogens with one attached hydrogen (secondary N) is 1. The first kappa shape index (κ1) is 23.9. The third kappa shape index (κ3) is 5.11. The Morgan fingerprint density at radius 1 is 1.09 bits per heavy atom. The summed E-state index contributed by atoms with van der Waals surface area (Å²) >= 11 is 0. The third-order valence-electron chi connectivity index (χ3n) is 7.42. The lowest BCUT2D eigenvalue weighted by Gasteiger charge is -2.40. The molecule has 3 aliphatic rings. The minimum Gasteiger partial charge on any atom is -0.372 e. The highest BCUT2D eigenvalue weighted by atomic mass is 19.4. The number of alkyl halides is 3. The highest BCUT2D eigenvalue weighted by Crippen LogP contribution is 2.35. The molecule has 3 fully saturated rings. The topological polar surface area (TPSA) is 59.9 Å². The second kappa shape index (κ2) is 9.69.